The van der Waals surface area contributed by atoms with Gasteiger partial charge in [0.25, 0.3) is 0 Å². The Bertz CT molecular complexity index is 521. The van der Waals surface area contributed by atoms with Crippen LogP contribution in [0.1, 0.15) is 26.0 Å². The highest BCUT2D eigenvalue weighted by Crippen LogP contribution is 2.22. The molecule has 0 fully saturated rings. The van der Waals surface area contributed by atoms with Crippen molar-refractivity contribution >= 4 is 16.3 Å². The first-order chi connectivity index (χ1) is 9.72. The van der Waals surface area contributed by atoms with Gasteiger partial charge in [0.15, 0.2) is 4.96 Å². The number of ether oxygens (including phenoxy) is 2. The van der Waals surface area contributed by atoms with E-state index in [0.29, 0.717) is 11.8 Å². The van der Waals surface area contributed by atoms with Crippen molar-refractivity contribution in [2.24, 2.45) is 5.92 Å². The van der Waals surface area contributed by atoms with Crippen LogP contribution in [0.2, 0.25) is 0 Å². The average Bonchev–Trinajstić information content (AvgIpc) is 2.98. The highest BCUT2D eigenvalue weighted by Gasteiger charge is 2.12. The Labute approximate surface area is 123 Å². The molecule has 0 aliphatic rings. The second-order valence-corrected chi connectivity index (χ2v) is 6.00. The quantitative estimate of drug-likeness (QED) is 0.723. The molecule has 0 spiro atoms. The predicted molar refractivity (Wildman–Crippen MR) is 81.6 cm³/mol. The number of aromatic nitrogens is 2. The molecular weight excluding hydrogens is 274 g/mol. The molecule has 0 aliphatic carbocycles. The van der Waals surface area contributed by atoms with Gasteiger partial charge in [-0.3, -0.25) is 4.40 Å². The highest BCUT2D eigenvalue weighted by atomic mass is 32.1. The lowest BCUT2D eigenvalue weighted by molar-refractivity contribution is 0.108. The summed E-state index contributed by atoms with van der Waals surface area (Å²) in [5, 5.41) is 5.45. The van der Waals surface area contributed by atoms with Crippen molar-refractivity contribution < 1.29 is 9.47 Å². The fraction of sp³-hybridized carbons (Fsp3) is 0.643. The molecule has 0 saturated heterocycles. The molecule has 2 heterocycles. The van der Waals surface area contributed by atoms with Crippen LogP contribution in [-0.4, -0.2) is 36.3 Å². The second-order valence-electron chi connectivity index (χ2n) is 5.12. The number of rotatable bonds is 9. The third kappa shape index (κ3) is 3.94. The molecule has 0 atom stereocenters. The van der Waals surface area contributed by atoms with Gasteiger partial charge < -0.3 is 14.8 Å². The van der Waals surface area contributed by atoms with Crippen LogP contribution in [0.3, 0.4) is 0 Å². The zero-order valence-electron chi connectivity index (χ0n) is 12.4. The number of imidazole rings is 1. The Balaban J connectivity index is 1.74. The maximum atomic E-state index is 5.55. The van der Waals surface area contributed by atoms with Gasteiger partial charge in [0, 0.05) is 31.3 Å². The van der Waals surface area contributed by atoms with Gasteiger partial charge in [-0.1, -0.05) is 13.8 Å². The SMILES string of the molecule is COc1nc2sccn2c1CNCCCOCC(C)C. The number of fused-ring (bicyclic) bond motifs is 1. The molecule has 0 aromatic carbocycles. The van der Waals surface area contributed by atoms with E-state index in [1.165, 1.54) is 0 Å². The summed E-state index contributed by atoms with van der Waals surface area (Å²) in [5.41, 5.74) is 1.08. The van der Waals surface area contributed by atoms with Crippen molar-refractivity contribution in [1.82, 2.24) is 14.7 Å². The minimum absolute atomic E-state index is 0.603. The van der Waals surface area contributed by atoms with E-state index in [2.05, 4.69) is 28.5 Å². The van der Waals surface area contributed by atoms with E-state index in [4.69, 9.17) is 9.47 Å². The summed E-state index contributed by atoms with van der Waals surface area (Å²) >= 11 is 1.61. The number of nitrogens with one attached hydrogen (secondary N) is 1. The maximum absolute atomic E-state index is 5.55. The van der Waals surface area contributed by atoms with Crippen LogP contribution >= 0.6 is 11.3 Å². The van der Waals surface area contributed by atoms with Crippen molar-refractivity contribution in [2.75, 3.05) is 26.9 Å². The zero-order valence-corrected chi connectivity index (χ0v) is 13.2. The van der Waals surface area contributed by atoms with Gasteiger partial charge in [-0.05, 0) is 18.9 Å². The Morgan fingerprint density at radius 3 is 3.05 bits per heavy atom. The van der Waals surface area contributed by atoms with Gasteiger partial charge in [0.1, 0.15) is 5.69 Å². The molecule has 20 heavy (non-hydrogen) atoms. The molecule has 112 valence electrons. The van der Waals surface area contributed by atoms with E-state index in [9.17, 15) is 0 Å². The lowest BCUT2D eigenvalue weighted by Gasteiger charge is -2.08. The second kappa shape index (κ2) is 7.61. The Morgan fingerprint density at radius 2 is 2.30 bits per heavy atom. The summed E-state index contributed by atoms with van der Waals surface area (Å²) < 4.78 is 13.0. The minimum atomic E-state index is 0.603. The molecule has 6 heteroatoms. The number of thiazole rings is 1. The van der Waals surface area contributed by atoms with Crippen LogP contribution in [0.5, 0.6) is 5.88 Å². The predicted octanol–water partition coefficient (Wildman–Crippen LogP) is 2.56. The molecule has 0 bridgehead atoms. The van der Waals surface area contributed by atoms with Crippen LogP contribution in [0.4, 0.5) is 0 Å². The third-order valence-corrected chi connectivity index (χ3v) is 3.66. The molecule has 1 N–H and O–H groups in total. The van der Waals surface area contributed by atoms with Gasteiger partial charge in [-0.25, -0.2) is 0 Å². The van der Waals surface area contributed by atoms with Gasteiger partial charge in [0.2, 0.25) is 5.88 Å². The third-order valence-electron chi connectivity index (χ3n) is 2.90. The number of nitrogens with zero attached hydrogens (tertiary/aromatic N) is 2. The molecule has 2 aromatic heterocycles. The number of hydrogen-bond donors (Lipinski definition) is 1. The first-order valence-electron chi connectivity index (χ1n) is 6.99. The Kier molecular flexibility index (Phi) is 5.82. The first kappa shape index (κ1) is 15.3. The molecule has 0 radical (unpaired) electrons. The Hall–Kier alpha value is -1.11. The van der Waals surface area contributed by atoms with E-state index in [-0.39, 0.29) is 0 Å². The van der Waals surface area contributed by atoms with Crippen molar-refractivity contribution in [3.05, 3.63) is 17.3 Å². The van der Waals surface area contributed by atoms with Crippen LogP contribution in [0, 0.1) is 5.92 Å². The van der Waals surface area contributed by atoms with Crippen LogP contribution in [0.15, 0.2) is 11.6 Å². The van der Waals surface area contributed by atoms with Crippen molar-refractivity contribution in [3.8, 4) is 5.88 Å². The van der Waals surface area contributed by atoms with Gasteiger partial charge in [-0.15, -0.1) is 11.3 Å². The molecule has 0 amide bonds. The van der Waals surface area contributed by atoms with E-state index in [1.807, 2.05) is 11.6 Å². The molecule has 0 aliphatic heterocycles. The molecule has 2 aromatic rings. The summed E-state index contributed by atoms with van der Waals surface area (Å²) in [4.78, 5) is 5.40. The van der Waals surface area contributed by atoms with Crippen molar-refractivity contribution in [1.29, 1.82) is 0 Å². The average molecular weight is 297 g/mol. The normalized spacial score (nSPS) is 11.6. The van der Waals surface area contributed by atoms with Gasteiger partial charge >= 0.3 is 0 Å². The monoisotopic (exact) mass is 297 g/mol. The van der Waals surface area contributed by atoms with E-state index >= 15 is 0 Å². The lowest BCUT2D eigenvalue weighted by Crippen LogP contribution is -2.18. The fourth-order valence-electron chi connectivity index (χ4n) is 1.96. The van der Waals surface area contributed by atoms with E-state index in [1.54, 1.807) is 18.4 Å². The lowest BCUT2D eigenvalue weighted by atomic mass is 10.2. The zero-order chi connectivity index (χ0) is 14.4. The minimum Gasteiger partial charge on any atom is -0.480 e. The number of hydrogen-bond acceptors (Lipinski definition) is 5. The smallest absolute Gasteiger partial charge is 0.237 e. The molecule has 5 nitrogen and oxygen atoms in total. The number of methoxy groups -OCH3 is 1. The molecule has 0 unspecified atom stereocenters. The fourth-order valence-corrected chi connectivity index (χ4v) is 2.69. The topological polar surface area (TPSA) is 47.8 Å². The first-order valence-corrected chi connectivity index (χ1v) is 7.87. The molecule has 2 rings (SSSR count). The summed E-state index contributed by atoms with van der Waals surface area (Å²) in [5.74, 6) is 1.31. The van der Waals surface area contributed by atoms with Crippen molar-refractivity contribution in [2.45, 2.75) is 26.8 Å². The van der Waals surface area contributed by atoms with E-state index in [0.717, 1.165) is 43.4 Å². The summed E-state index contributed by atoms with van der Waals surface area (Å²) in [6, 6.07) is 0. The van der Waals surface area contributed by atoms with Crippen LogP contribution in [0.25, 0.3) is 4.96 Å². The highest BCUT2D eigenvalue weighted by molar-refractivity contribution is 7.15. The largest absolute Gasteiger partial charge is 0.480 e. The van der Waals surface area contributed by atoms with Crippen molar-refractivity contribution in [3.63, 3.8) is 0 Å². The van der Waals surface area contributed by atoms with Gasteiger partial charge in [-0.2, -0.15) is 4.98 Å². The molecule has 0 saturated carbocycles. The Morgan fingerprint density at radius 1 is 1.45 bits per heavy atom. The van der Waals surface area contributed by atoms with E-state index < -0.39 is 0 Å². The maximum Gasteiger partial charge on any atom is 0.237 e. The summed E-state index contributed by atoms with van der Waals surface area (Å²) in [6.45, 7) is 7.66. The summed E-state index contributed by atoms with van der Waals surface area (Å²) in [7, 11) is 1.66. The summed E-state index contributed by atoms with van der Waals surface area (Å²) in [6.07, 6.45) is 3.04. The standard InChI is InChI=1S/C14H23N3O2S/c1-11(2)10-19-7-4-5-15-9-12-13(18-3)16-14-17(12)6-8-20-14/h6,8,11,15H,4-5,7,9-10H2,1-3H3. The van der Waals surface area contributed by atoms with Gasteiger partial charge in [0.05, 0.1) is 7.11 Å². The molecular formula is C14H23N3O2S. The van der Waals surface area contributed by atoms with Crippen LogP contribution < -0.4 is 10.1 Å². The van der Waals surface area contributed by atoms with Crippen LogP contribution in [-0.2, 0) is 11.3 Å².